The van der Waals surface area contributed by atoms with Crippen molar-refractivity contribution in [3.8, 4) is 0 Å². The van der Waals surface area contributed by atoms with Crippen molar-refractivity contribution in [1.29, 1.82) is 0 Å². The van der Waals surface area contributed by atoms with Crippen molar-refractivity contribution in [2.75, 3.05) is 32.0 Å². The van der Waals surface area contributed by atoms with E-state index in [1.54, 1.807) is 0 Å². The van der Waals surface area contributed by atoms with E-state index in [1.165, 1.54) is 0 Å². The fourth-order valence-corrected chi connectivity index (χ4v) is 4.24. The first-order valence-electron chi connectivity index (χ1n) is 13.2. The lowest BCUT2D eigenvalue weighted by Gasteiger charge is -2.29. The van der Waals surface area contributed by atoms with Gasteiger partial charge in [-0.2, -0.15) is 12.6 Å². The number of aliphatic hydroxyl groups is 1. The summed E-state index contributed by atoms with van der Waals surface area (Å²) in [6.07, 6.45) is 0.229. The highest BCUT2D eigenvalue weighted by atomic mass is 32.1. The van der Waals surface area contributed by atoms with Crippen LogP contribution in [0.5, 0.6) is 0 Å². The maximum Gasteiger partial charge on any atom is 0.327 e. The molecule has 19 nitrogen and oxygen atoms in total. The molecule has 1 saturated heterocycles. The fraction of sp³-hybridized carbons (Fsp3) is 0.652. The number of nitrogens with one attached hydrogen (secondary N) is 4. The molecule has 1 aliphatic rings. The van der Waals surface area contributed by atoms with Crippen molar-refractivity contribution in [2.45, 2.75) is 62.3 Å². The lowest BCUT2D eigenvalue weighted by molar-refractivity contribution is -0.145. The average molecular weight is 634 g/mol. The summed E-state index contributed by atoms with van der Waals surface area (Å²) in [5.41, 5.74) is 16.2. The molecule has 1 aliphatic heterocycles. The highest BCUT2D eigenvalue weighted by Crippen LogP contribution is 2.19. The van der Waals surface area contributed by atoms with Gasteiger partial charge in [-0.05, 0) is 25.7 Å². The average Bonchev–Trinajstić information content (AvgIpc) is 3.44. The molecule has 5 amide bonds. The minimum absolute atomic E-state index is 0.0628. The molecule has 0 aromatic rings. The van der Waals surface area contributed by atoms with Crippen molar-refractivity contribution in [1.82, 2.24) is 26.2 Å². The molecule has 0 saturated carbocycles. The number of nitrogens with zero attached hydrogens (tertiary/aromatic N) is 2. The van der Waals surface area contributed by atoms with E-state index in [2.05, 4.69) is 38.9 Å². The Labute approximate surface area is 251 Å². The Bertz CT molecular complexity index is 1070. The first kappa shape index (κ1) is 36.9. The van der Waals surface area contributed by atoms with Gasteiger partial charge in [-0.3, -0.25) is 33.8 Å². The number of carboxylic acids is 2. The van der Waals surface area contributed by atoms with E-state index in [0.29, 0.717) is 12.8 Å². The van der Waals surface area contributed by atoms with Gasteiger partial charge in [-0.25, -0.2) is 4.79 Å². The number of thiol groups is 1. The summed E-state index contributed by atoms with van der Waals surface area (Å²) in [6.45, 7) is -1.29. The minimum Gasteiger partial charge on any atom is -0.481 e. The molecule has 5 atom stereocenters. The molecule has 0 spiro atoms. The number of carboxylic acid groups (broad SMARTS) is 2. The number of aliphatic hydroxyl groups excluding tert-OH is 1. The van der Waals surface area contributed by atoms with Gasteiger partial charge in [0.2, 0.25) is 29.5 Å². The number of carbonyl (C=O) groups is 7. The third kappa shape index (κ3) is 12.7. The van der Waals surface area contributed by atoms with Crippen LogP contribution in [0.15, 0.2) is 4.99 Å². The Kier molecular flexibility index (Phi) is 15.8. The van der Waals surface area contributed by atoms with Gasteiger partial charge in [0.15, 0.2) is 5.96 Å². The molecule has 242 valence electrons. The van der Waals surface area contributed by atoms with Crippen LogP contribution in [0.2, 0.25) is 0 Å². The number of likely N-dealkylation sites (tertiary alicyclic amines) is 1. The number of rotatable bonds is 18. The van der Waals surface area contributed by atoms with Crippen LogP contribution < -0.4 is 38.5 Å². The van der Waals surface area contributed by atoms with Crippen LogP contribution in [0.1, 0.15) is 32.1 Å². The maximum absolute atomic E-state index is 13.1. The minimum atomic E-state index is -1.71. The molecule has 0 bridgehead atoms. The summed E-state index contributed by atoms with van der Waals surface area (Å²) >= 11 is 3.87. The zero-order valence-electron chi connectivity index (χ0n) is 23.2. The van der Waals surface area contributed by atoms with E-state index in [4.69, 9.17) is 22.3 Å². The lowest BCUT2D eigenvalue weighted by Crippen LogP contribution is -2.59. The number of guanidine groups is 1. The number of aliphatic carboxylic acids is 2. The quantitative estimate of drug-likeness (QED) is 0.0291. The van der Waals surface area contributed by atoms with Gasteiger partial charge in [0.05, 0.1) is 25.6 Å². The van der Waals surface area contributed by atoms with Crippen molar-refractivity contribution < 1.29 is 48.9 Å². The van der Waals surface area contributed by atoms with E-state index in [9.17, 15) is 43.8 Å². The van der Waals surface area contributed by atoms with Crippen molar-refractivity contribution in [3.63, 3.8) is 0 Å². The molecule has 0 aliphatic carbocycles. The lowest BCUT2D eigenvalue weighted by atomic mass is 10.1. The van der Waals surface area contributed by atoms with Crippen LogP contribution in [0.3, 0.4) is 0 Å². The fourth-order valence-electron chi connectivity index (χ4n) is 3.99. The van der Waals surface area contributed by atoms with Crippen LogP contribution in [-0.4, -0.2) is 130 Å². The summed E-state index contributed by atoms with van der Waals surface area (Å²) in [5.74, 6) is -7.54. The molecule has 0 unspecified atom stereocenters. The van der Waals surface area contributed by atoms with Crippen molar-refractivity contribution in [2.24, 2.45) is 22.2 Å². The molecule has 0 radical (unpaired) electrons. The monoisotopic (exact) mass is 633 g/mol. The number of hydrogen-bond donors (Lipinski definition) is 11. The Hall–Kier alpha value is -4.17. The number of nitrogens with two attached hydrogens (primary N) is 3. The summed E-state index contributed by atoms with van der Waals surface area (Å²) in [7, 11) is 0. The number of aliphatic imine (C=N–C) groups is 1. The molecule has 20 heteroatoms. The van der Waals surface area contributed by atoms with E-state index >= 15 is 0 Å². The van der Waals surface area contributed by atoms with Gasteiger partial charge in [0, 0.05) is 18.8 Å². The smallest absolute Gasteiger partial charge is 0.327 e. The van der Waals surface area contributed by atoms with Gasteiger partial charge in [-0.15, -0.1) is 0 Å². The van der Waals surface area contributed by atoms with Gasteiger partial charge in [0.1, 0.15) is 24.2 Å². The molecule has 0 aromatic heterocycles. The van der Waals surface area contributed by atoms with Crippen LogP contribution in [0.4, 0.5) is 0 Å². The predicted octanol–water partition coefficient (Wildman–Crippen LogP) is -5.59. The molecule has 13 N–H and O–H groups in total. The van der Waals surface area contributed by atoms with E-state index in [-0.39, 0.29) is 37.6 Å². The Balaban J connectivity index is 2.80. The zero-order valence-corrected chi connectivity index (χ0v) is 24.1. The summed E-state index contributed by atoms with van der Waals surface area (Å²) < 4.78 is 0. The zero-order chi connectivity index (χ0) is 32.7. The van der Waals surface area contributed by atoms with Crippen LogP contribution >= 0.6 is 12.6 Å². The highest BCUT2D eigenvalue weighted by molar-refractivity contribution is 7.80. The summed E-state index contributed by atoms with van der Waals surface area (Å²) in [6, 6.07) is -6.72. The first-order valence-corrected chi connectivity index (χ1v) is 13.8. The van der Waals surface area contributed by atoms with Gasteiger partial charge in [0.25, 0.3) is 0 Å². The van der Waals surface area contributed by atoms with E-state index in [0.717, 1.165) is 4.90 Å². The molecule has 1 rings (SSSR count). The molecular formula is C23H39N9O10S. The molecular weight excluding hydrogens is 594 g/mol. The Morgan fingerprint density at radius 2 is 1.65 bits per heavy atom. The SMILES string of the molecule is NC(N)=NCCC[C@H](N)C(=O)NCC(=O)N[C@@H](CC(=O)O)C(=O)N[C@@H](CO)C(=O)N1CCC[C@H]1C(=O)N[C@@H](CS)C(=O)O. The number of hydrogen-bond acceptors (Lipinski definition) is 11. The standard InChI is InChI=1S/C23H39N9O10S/c24-11(3-1-5-27-23(25)26)18(37)28-8-16(34)29-12(7-17(35)36)19(38)30-13(9-33)21(40)32-6-2-4-15(32)20(39)31-14(10-43)22(41)42/h11-15,33,43H,1-10,24H2,(H,28,37)(H,29,34)(H,30,38)(H,31,39)(H,35,36)(H,41,42)(H4,25,26,27)/t11-,12-,13-,14-,15-/m0/s1. The van der Waals surface area contributed by atoms with Crippen molar-refractivity contribution in [3.05, 3.63) is 0 Å². The summed E-state index contributed by atoms with van der Waals surface area (Å²) in [4.78, 5) is 90.5. The van der Waals surface area contributed by atoms with Crippen molar-refractivity contribution >= 4 is 60.1 Å². The highest BCUT2D eigenvalue weighted by Gasteiger charge is 2.39. The molecule has 43 heavy (non-hydrogen) atoms. The second-order valence-electron chi connectivity index (χ2n) is 9.51. The van der Waals surface area contributed by atoms with Crippen LogP contribution in [0, 0.1) is 0 Å². The molecule has 1 heterocycles. The molecule has 0 aromatic carbocycles. The third-order valence-electron chi connectivity index (χ3n) is 6.19. The summed E-state index contributed by atoms with van der Waals surface area (Å²) in [5, 5.41) is 37.0. The van der Waals surface area contributed by atoms with E-state index in [1.807, 2.05) is 0 Å². The maximum atomic E-state index is 13.1. The van der Waals surface area contributed by atoms with Crippen LogP contribution in [0.25, 0.3) is 0 Å². The Morgan fingerprint density at radius 1 is 0.977 bits per heavy atom. The van der Waals surface area contributed by atoms with Gasteiger partial charge >= 0.3 is 11.9 Å². The topological polar surface area (TPSA) is 322 Å². The van der Waals surface area contributed by atoms with Gasteiger partial charge in [-0.1, -0.05) is 0 Å². The molecule has 1 fully saturated rings. The number of carbonyl (C=O) groups excluding carboxylic acids is 5. The third-order valence-corrected chi connectivity index (χ3v) is 6.56. The largest absolute Gasteiger partial charge is 0.481 e. The number of amides is 5. The predicted molar refractivity (Wildman–Crippen MR) is 152 cm³/mol. The van der Waals surface area contributed by atoms with Crippen LogP contribution in [-0.2, 0) is 33.6 Å². The second-order valence-corrected chi connectivity index (χ2v) is 9.87. The van der Waals surface area contributed by atoms with Gasteiger partial charge < -0.3 is 58.7 Å². The first-order chi connectivity index (χ1) is 20.2. The second kappa shape index (κ2) is 18.4. The normalized spacial score (nSPS) is 17.0. The van der Waals surface area contributed by atoms with E-state index < -0.39 is 91.3 Å². The Morgan fingerprint density at radius 3 is 2.21 bits per heavy atom.